The molecule has 0 aromatic rings. The largest absolute Gasteiger partial charge is 0.370 e. The van der Waals surface area contributed by atoms with Crippen LogP contribution < -0.4 is 0 Å². The van der Waals surface area contributed by atoms with Crippen LogP contribution in [0.15, 0.2) is 0 Å². The van der Waals surface area contributed by atoms with Crippen LogP contribution in [-0.4, -0.2) is 18.5 Å². The van der Waals surface area contributed by atoms with E-state index in [1.807, 2.05) is 0 Å². The standard InChI is InChI=1S/C18H34O2/c1-3-4-5-6-7-8-9-10-11-12-14-17(19)18(20-2)15-13-16-18/h3-16H2,1-2H3. The van der Waals surface area contributed by atoms with Crippen molar-refractivity contribution in [3.8, 4) is 0 Å². The van der Waals surface area contributed by atoms with E-state index >= 15 is 0 Å². The van der Waals surface area contributed by atoms with Gasteiger partial charge in [-0.25, -0.2) is 0 Å². The van der Waals surface area contributed by atoms with E-state index in [0.29, 0.717) is 5.78 Å². The lowest BCUT2D eigenvalue weighted by atomic mass is 9.75. The lowest BCUT2D eigenvalue weighted by molar-refractivity contribution is -0.151. The normalized spacial score (nSPS) is 16.9. The molecular weight excluding hydrogens is 248 g/mol. The monoisotopic (exact) mass is 282 g/mol. The Morgan fingerprint density at radius 3 is 1.80 bits per heavy atom. The molecule has 0 spiro atoms. The minimum atomic E-state index is -0.376. The second-order valence-corrected chi connectivity index (χ2v) is 6.41. The maximum absolute atomic E-state index is 12.1. The first-order valence-corrected chi connectivity index (χ1v) is 8.83. The van der Waals surface area contributed by atoms with E-state index in [1.54, 1.807) is 7.11 Å². The first kappa shape index (κ1) is 17.7. The molecule has 1 aliphatic carbocycles. The summed E-state index contributed by atoms with van der Waals surface area (Å²) in [4.78, 5) is 12.1. The van der Waals surface area contributed by atoms with Crippen LogP contribution in [0.5, 0.6) is 0 Å². The molecule has 0 amide bonds. The molecule has 0 radical (unpaired) electrons. The van der Waals surface area contributed by atoms with E-state index in [-0.39, 0.29) is 5.60 Å². The van der Waals surface area contributed by atoms with E-state index < -0.39 is 0 Å². The number of hydrogen-bond acceptors (Lipinski definition) is 2. The summed E-state index contributed by atoms with van der Waals surface area (Å²) in [5, 5.41) is 0. The van der Waals surface area contributed by atoms with Crippen molar-refractivity contribution in [1.29, 1.82) is 0 Å². The number of carbonyl (C=O) groups is 1. The Labute approximate surface area is 125 Å². The molecular formula is C18H34O2. The number of hydrogen-bond donors (Lipinski definition) is 0. The Kier molecular flexibility index (Phi) is 9.17. The van der Waals surface area contributed by atoms with Crippen molar-refractivity contribution in [2.45, 2.75) is 102 Å². The average molecular weight is 282 g/mol. The summed E-state index contributed by atoms with van der Waals surface area (Å²) in [5.41, 5.74) is -0.376. The summed E-state index contributed by atoms with van der Waals surface area (Å²) < 4.78 is 5.43. The third-order valence-electron chi connectivity index (χ3n) is 4.82. The summed E-state index contributed by atoms with van der Waals surface area (Å²) >= 11 is 0. The minimum Gasteiger partial charge on any atom is -0.370 e. The topological polar surface area (TPSA) is 26.3 Å². The first-order valence-electron chi connectivity index (χ1n) is 8.83. The highest BCUT2D eigenvalue weighted by Crippen LogP contribution is 2.37. The zero-order valence-corrected chi connectivity index (χ0v) is 13.7. The maximum Gasteiger partial charge on any atom is 0.164 e. The summed E-state index contributed by atoms with van der Waals surface area (Å²) in [6, 6.07) is 0. The van der Waals surface area contributed by atoms with Gasteiger partial charge in [-0.2, -0.15) is 0 Å². The Bertz CT molecular complexity index is 251. The van der Waals surface area contributed by atoms with Gasteiger partial charge in [-0.05, 0) is 25.7 Å². The number of ketones is 1. The van der Waals surface area contributed by atoms with Crippen molar-refractivity contribution in [1.82, 2.24) is 0 Å². The van der Waals surface area contributed by atoms with Crippen LogP contribution in [0.4, 0.5) is 0 Å². The quantitative estimate of drug-likeness (QED) is 0.421. The van der Waals surface area contributed by atoms with Crippen LogP contribution >= 0.6 is 0 Å². The van der Waals surface area contributed by atoms with Gasteiger partial charge in [0.05, 0.1) is 0 Å². The number of methoxy groups -OCH3 is 1. The van der Waals surface area contributed by atoms with E-state index in [4.69, 9.17) is 4.74 Å². The maximum atomic E-state index is 12.1. The van der Waals surface area contributed by atoms with Crippen molar-refractivity contribution < 1.29 is 9.53 Å². The molecule has 1 aliphatic rings. The van der Waals surface area contributed by atoms with Gasteiger partial charge in [0.25, 0.3) is 0 Å². The molecule has 0 heterocycles. The molecule has 0 N–H and O–H groups in total. The van der Waals surface area contributed by atoms with Gasteiger partial charge in [0.15, 0.2) is 5.78 Å². The lowest BCUT2D eigenvalue weighted by Gasteiger charge is -2.38. The number of ether oxygens (including phenoxy) is 1. The molecule has 20 heavy (non-hydrogen) atoms. The third-order valence-corrected chi connectivity index (χ3v) is 4.82. The van der Waals surface area contributed by atoms with Crippen molar-refractivity contribution in [2.24, 2.45) is 0 Å². The molecule has 0 aliphatic heterocycles. The predicted octanol–water partition coefficient (Wildman–Crippen LogP) is 5.44. The van der Waals surface area contributed by atoms with Crippen molar-refractivity contribution in [3.05, 3.63) is 0 Å². The van der Waals surface area contributed by atoms with Crippen molar-refractivity contribution in [3.63, 3.8) is 0 Å². The SMILES string of the molecule is CCCCCCCCCCCCC(=O)C1(OC)CCC1. The van der Waals surface area contributed by atoms with Crippen LogP contribution in [0.1, 0.15) is 96.8 Å². The number of carbonyl (C=O) groups excluding carboxylic acids is 1. The fourth-order valence-corrected chi connectivity index (χ4v) is 3.10. The van der Waals surface area contributed by atoms with Gasteiger partial charge >= 0.3 is 0 Å². The molecule has 1 saturated carbocycles. The molecule has 1 fully saturated rings. The fraction of sp³-hybridized carbons (Fsp3) is 0.944. The predicted molar refractivity (Wildman–Crippen MR) is 85.1 cm³/mol. The highest BCUT2D eigenvalue weighted by molar-refractivity contribution is 5.88. The van der Waals surface area contributed by atoms with Gasteiger partial charge in [0.1, 0.15) is 5.60 Å². The van der Waals surface area contributed by atoms with E-state index in [9.17, 15) is 4.79 Å². The average Bonchev–Trinajstić information content (AvgIpc) is 2.40. The second kappa shape index (κ2) is 10.4. The Balaban J connectivity index is 1.88. The van der Waals surface area contributed by atoms with Gasteiger partial charge in [-0.15, -0.1) is 0 Å². The van der Waals surface area contributed by atoms with Gasteiger partial charge < -0.3 is 4.74 Å². The van der Waals surface area contributed by atoms with E-state index in [0.717, 1.165) is 32.1 Å². The molecule has 0 aromatic heterocycles. The second-order valence-electron chi connectivity index (χ2n) is 6.41. The van der Waals surface area contributed by atoms with Crippen LogP contribution in [0, 0.1) is 0 Å². The van der Waals surface area contributed by atoms with E-state index in [2.05, 4.69) is 6.92 Å². The molecule has 118 valence electrons. The molecule has 0 bridgehead atoms. The van der Waals surface area contributed by atoms with Crippen LogP contribution in [0.25, 0.3) is 0 Å². The molecule has 2 nitrogen and oxygen atoms in total. The third kappa shape index (κ3) is 5.95. The summed E-state index contributed by atoms with van der Waals surface area (Å²) in [6.07, 6.45) is 17.0. The van der Waals surface area contributed by atoms with Gasteiger partial charge in [-0.3, -0.25) is 4.79 Å². The van der Waals surface area contributed by atoms with Gasteiger partial charge in [0, 0.05) is 13.5 Å². The zero-order chi connectivity index (χ0) is 14.7. The summed E-state index contributed by atoms with van der Waals surface area (Å²) in [5.74, 6) is 0.353. The van der Waals surface area contributed by atoms with Crippen molar-refractivity contribution in [2.75, 3.05) is 7.11 Å². The highest BCUT2D eigenvalue weighted by atomic mass is 16.5. The van der Waals surface area contributed by atoms with E-state index in [1.165, 1.54) is 57.8 Å². The van der Waals surface area contributed by atoms with Crippen molar-refractivity contribution >= 4 is 5.78 Å². The zero-order valence-electron chi connectivity index (χ0n) is 13.7. The molecule has 0 atom stereocenters. The number of Topliss-reactive ketones (excluding diaryl/α,β-unsaturated/α-hetero) is 1. The number of unbranched alkanes of at least 4 members (excludes halogenated alkanes) is 9. The minimum absolute atomic E-state index is 0.353. The summed E-state index contributed by atoms with van der Waals surface area (Å²) in [6.45, 7) is 2.26. The highest BCUT2D eigenvalue weighted by Gasteiger charge is 2.43. The molecule has 0 aromatic carbocycles. The summed E-state index contributed by atoms with van der Waals surface area (Å²) in [7, 11) is 1.69. The van der Waals surface area contributed by atoms with Gasteiger partial charge in [-0.1, -0.05) is 64.7 Å². The number of rotatable bonds is 13. The molecule has 2 heteroatoms. The molecule has 0 saturated heterocycles. The van der Waals surface area contributed by atoms with Gasteiger partial charge in [0.2, 0.25) is 0 Å². The van der Waals surface area contributed by atoms with Crippen LogP contribution in [0.3, 0.4) is 0 Å². The lowest BCUT2D eigenvalue weighted by Crippen LogP contribution is -2.46. The van der Waals surface area contributed by atoms with Crippen LogP contribution in [-0.2, 0) is 9.53 Å². The molecule has 1 rings (SSSR count). The Hall–Kier alpha value is -0.370. The Morgan fingerprint density at radius 2 is 1.40 bits per heavy atom. The fourth-order valence-electron chi connectivity index (χ4n) is 3.10. The molecule has 0 unspecified atom stereocenters. The Morgan fingerprint density at radius 1 is 0.900 bits per heavy atom. The smallest absolute Gasteiger partial charge is 0.164 e. The first-order chi connectivity index (χ1) is 9.75. The van der Waals surface area contributed by atoms with Crippen LogP contribution in [0.2, 0.25) is 0 Å².